The number of aromatic nitrogens is 1. The number of benzene rings is 2. The lowest BCUT2D eigenvalue weighted by Gasteiger charge is -2.24. The number of carbonyl (C=O) groups is 1. The normalized spacial score (nSPS) is 16.7. The minimum Gasteiger partial charge on any atom is -0.303 e. The monoisotopic (exact) mass is 568 g/mol. The van der Waals surface area contributed by atoms with Crippen LogP contribution in [0.3, 0.4) is 0 Å². The second-order valence-electron chi connectivity index (χ2n) is 8.79. The van der Waals surface area contributed by atoms with E-state index in [1.165, 1.54) is 24.5 Å². The fourth-order valence-electron chi connectivity index (χ4n) is 4.23. The lowest BCUT2D eigenvalue weighted by Crippen LogP contribution is -2.33. The Morgan fingerprint density at radius 2 is 1.95 bits per heavy atom. The van der Waals surface area contributed by atoms with E-state index >= 15 is 0 Å². The standard InChI is InChI=1S/C27H20ClF3N6OS/c1-15-4-3-5-16(2)24(15)39-36-26(38)35-34-12-17-6-8-20-18(10-17)7-9-22-23(20)33-14-37(22)25-21(28)11-19(13-32-25)27(29,30)31/h3-14,22H,1-2H3,(H,36,38)/b17-12+,35-34?. The smallest absolute Gasteiger partial charge is 0.303 e. The largest absolute Gasteiger partial charge is 0.417 e. The molecule has 1 atom stereocenters. The Hall–Kier alpha value is -3.96. The molecule has 0 fully saturated rings. The van der Waals surface area contributed by atoms with E-state index in [2.05, 4.69) is 24.9 Å². The Labute approximate surface area is 230 Å². The summed E-state index contributed by atoms with van der Waals surface area (Å²) in [6.45, 7) is 3.94. The molecule has 2 aliphatic rings. The Balaban J connectivity index is 1.31. The van der Waals surface area contributed by atoms with Gasteiger partial charge >= 0.3 is 12.2 Å². The van der Waals surface area contributed by atoms with Crippen molar-refractivity contribution in [2.75, 3.05) is 4.90 Å². The number of anilines is 1. The van der Waals surface area contributed by atoms with Gasteiger partial charge in [-0.15, -0.1) is 0 Å². The number of fused-ring (bicyclic) bond motifs is 2. The zero-order chi connectivity index (χ0) is 27.7. The molecule has 5 rings (SSSR count). The number of urea groups is 1. The van der Waals surface area contributed by atoms with Crippen molar-refractivity contribution in [3.63, 3.8) is 0 Å². The number of amides is 2. The van der Waals surface area contributed by atoms with Gasteiger partial charge in [0, 0.05) is 16.3 Å². The van der Waals surface area contributed by atoms with Crippen molar-refractivity contribution < 1.29 is 18.0 Å². The van der Waals surface area contributed by atoms with Crippen LogP contribution in [0.2, 0.25) is 5.02 Å². The molecule has 2 amide bonds. The summed E-state index contributed by atoms with van der Waals surface area (Å²) in [7, 11) is 0. The highest BCUT2D eigenvalue weighted by Gasteiger charge is 2.34. The summed E-state index contributed by atoms with van der Waals surface area (Å²) in [6, 6.07) is 11.4. The van der Waals surface area contributed by atoms with Gasteiger partial charge in [0.25, 0.3) is 0 Å². The number of rotatable bonds is 4. The first-order valence-electron chi connectivity index (χ1n) is 11.6. The van der Waals surface area contributed by atoms with Gasteiger partial charge in [-0.25, -0.2) is 14.8 Å². The van der Waals surface area contributed by atoms with E-state index in [1.807, 2.05) is 62.4 Å². The van der Waals surface area contributed by atoms with E-state index < -0.39 is 17.8 Å². The van der Waals surface area contributed by atoms with Crippen LogP contribution in [0, 0.1) is 13.8 Å². The van der Waals surface area contributed by atoms with E-state index in [1.54, 1.807) is 4.90 Å². The molecule has 1 aromatic heterocycles. The van der Waals surface area contributed by atoms with E-state index in [0.29, 0.717) is 5.70 Å². The molecule has 1 N–H and O–H groups in total. The van der Waals surface area contributed by atoms with Crippen molar-refractivity contribution in [2.24, 2.45) is 15.2 Å². The van der Waals surface area contributed by atoms with Crippen LogP contribution in [0.1, 0.15) is 22.3 Å². The summed E-state index contributed by atoms with van der Waals surface area (Å²) < 4.78 is 41.7. The van der Waals surface area contributed by atoms with E-state index in [4.69, 9.17) is 11.6 Å². The summed E-state index contributed by atoms with van der Waals surface area (Å²) in [5.41, 5.74) is 2.77. The predicted octanol–water partition coefficient (Wildman–Crippen LogP) is 6.03. The van der Waals surface area contributed by atoms with Gasteiger partial charge < -0.3 is 4.90 Å². The second kappa shape index (κ2) is 10.7. The van der Waals surface area contributed by atoms with Gasteiger partial charge in [0.05, 0.1) is 34.9 Å². The SMILES string of the molecule is Cc1cccc(C)c1SNC(=O)N=N/C=c1\ccc2c(c1)C=CC1C=2N=CN1c1ncc(C(F)(F)F)cc1Cl. The third-order valence-corrected chi connectivity index (χ3v) is 7.51. The summed E-state index contributed by atoms with van der Waals surface area (Å²) in [5, 5.41) is 9.04. The Morgan fingerprint density at radius 1 is 1.18 bits per heavy atom. The zero-order valence-electron chi connectivity index (χ0n) is 20.6. The van der Waals surface area contributed by atoms with E-state index in [-0.39, 0.29) is 16.9 Å². The maximum absolute atomic E-state index is 13.0. The molecule has 0 saturated carbocycles. The Bertz CT molecular complexity index is 1670. The van der Waals surface area contributed by atoms with Crippen molar-refractivity contribution in [3.8, 4) is 0 Å². The molecule has 7 nitrogen and oxygen atoms in total. The maximum Gasteiger partial charge on any atom is 0.417 e. The van der Waals surface area contributed by atoms with Crippen LogP contribution in [0.25, 0.3) is 18.0 Å². The summed E-state index contributed by atoms with van der Waals surface area (Å²) in [6.07, 6.45) is 2.95. The van der Waals surface area contributed by atoms with Crippen LogP contribution in [-0.2, 0) is 6.18 Å². The van der Waals surface area contributed by atoms with Crippen LogP contribution in [-0.4, -0.2) is 23.4 Å². The topological polar surface area (TPSA) is 82.3 Å². The lowest BCUT2D eigenvalue weighted by atomic mass is 9.99. The third kappa shape index (κ3) is 5.59. The number of azo groups is 1. The quantitative estimate of drug-likeness (QED) is 0.308. The molecule has 1 unspecified atom stereocenters. The van der Waals surface area contributed by atoms with E-state index in [9.17, 15) is 18.0 Å². The number of carbonyl (C=O) groups excluding carboxylic acids is 1. The van der Waals surface area contributed by atoms with Gasteiger partial charge in [0.15, 0.2) is 5.82 Å². The molecule has 1 aliphatic heterocycles. The lowest BCUT2D eigenvalue weighted by molar-refractivity contribution is -0.137. The molecular formula is C27H20ClF3N6OS. The first-order valence-corrected chi connectivity index (χ1v) is 12.8. The van der Waals surface area contributed by atoms with Gasteiger partial charge in [-0.05, 0) is 59.8 Å². The first-order chi connectivity index (χ1) is 18.6. The van der Waals surface area contributed by atoms with Gasteiger partial charge in [0.1, 0.15) is 0 Å². The molecule has 12 heteroatoms. The molecule has 198 valence electrons. The maximum atomic E-state index is 13.0. The second-order valence-corrected chi connectivity index (χ2v) is 10.0. The molecule has 39 heavy (non-hydrogen) atoms. The number of alkyl halides is 3. The predicted molar refractivity (Wildman–Crippen MR) is 147 cm³/mol. The molecule has 1 aliphatic carbocycles. The molecule has 0 spiro atoms. The number of pyridine rings is 1. The summed E-state index contributed by atoms with van der Waals surface area (Å²) >= 11 is 7.35. The average molecular weight is 569 g/mol. The molecule has 2 aromatic carbocycles. The van der Waals surface area contributed by atoms with Crippen LogP contribution in [0.5, 0.6) is 0 Å². The van der Waals surface area contributed by atoms with Crippen molar-refractivity contribution in [3.05, 3.63) is 92.5 Å². The van der Waals surface area contributed by atoms with Crippen LogP contribution >= 0.6 is 23.5 Å². The van der Waals surface area contributed by atoms with Crippen molar-refractivity contribution in [1.29, 1.82) is 0 Å². The number of nitrogens with zero attached hydrogens (tertiary/aromatic N) is 5. The van der Waals surface area contributed by atoms with Gasteiger partial charge in [0.2, 0.25) is 0 Å². The minimum atomic E-state index is -4.54. The Kier molecular flexibility index (Phi) is 7.28. The highest BCUT2D eigenvalue weighted by atomic mass is 35.5. The molecule has 3 aromatic rings. The highest BCUT2D eigenvalue weighted by Crippen LogP contribution is 2.36. The van der Waals surface area contributed by atoms with Crippen molar-refractivity contribution in [2.45, 2.75) is 31.0 Å². The fraction of sp³-hybridized carbons (Fsp3) is 0.148. The molecule has 0 saturated heterocycles. The van der Waals surface area contributed by atoms with Crippen LogP contribution in [0.4, 0.5) is 23.8 Å². The van der Waals surface area contributed by atoms with Crippen LogP contribution in [0.15, 0.2) is 74.9 Å². The zero-order valence-corrected chi connectivity index (χ0v) is 22.1. The van der Waals surface area contributed by atoms with Gasteiger partial charge in [-0.3, -0.25) is 4.72 Å². The van der Waals surface area contributed by atoms with Crippen molar-refractivity contribution >= 4 is 59.7 Å². The molecular weight excluding hydrogens is 549 g/mol. The Morgan fingerprint density at radius 3 is 2.67 bits per heavy atom. The number of aliphatic imine (C=N–C) groups is 1. The van der Waals surface area contributed by atoms with Crippen molar-refractivity contribution in [1.82, 2.24) is 9.71 Å². The number of hydrogen-bond acceptors (Lipinski definition) is 6. The number of halogens is 4. The van der Waals surface area contributed by atoms with Crippen LogP contribution < -0.4 is 20.1 Å². The summed E-state index contributed by atoms with van der Waals surface area (Å²) in [5.74, 6) is 0.181. The number of aryl methyl sites for hydroxylation is 2. The minimum absolute atomic E-state index is 0.122. The molecule has 2 heterocycles. The van der Waals surface area contributed by atoms with E-state index in [0.717, 1.165) is 44.3 Å². The summed E-state index contributed by atoms with van der Waals surface area (Å²) in [4.78, 5) is 23.1. The average Bonchev–Trinajstić information content (AvgIpc) is 3.32. The van der Waals surface area contributed by atoms with Gasteiger partial charge in [-0.1, -0.05) is 59.2 Å². The highest BCUT2D eigenvalue weighted by molar-refractivity contribution is 7.98. The molecule has 0 radical (unpaired) electrons. The van der Waals surface area contributed by atoms with Gasteiger partial charge in [-0.2, -0.15) is 18.3 Å². The number of nitrogens with one attached hydrogen (secondary N) is 1. The number of hydrogen-bond donors (Lipinski definition) is 1. The fourth-order valence-corrected chi connectivity index (χ4v) is 5.18. The third-order valence-electron chi connectivity index (χ3n) is 6.11. The molecule has 0 bridgehead atoms. The first kappa shape index (κ1) is 26.6.